The highest BCUT2D eigenvalue weighted by Gasteiger charge is 2.26. The molecule has 0 aliphatic carbocycles. The highest BCUT2D eigenvalue weighted by Crippen LogP contribution is 2.30. The molecule has 1 aromatic carbocycles. The Morgan fingerprint density at radius 3 is 2.74 bits per heavy atom. The molecule has 4 rings (SSSR count). The van der Waals surface area contributed by atoms with Crippen molar-refractivity contribution < 1.29 is 9.21 Å². The minimum absolute atomic E-state index is 0.00708. The van der Waals surface area contributed by atoms with Gasteiger partial charge in [-0.25, -0.2) is 0 Å². The van der Waals surface area contributed by atoms with Crippen LogP contribution in [0.1, 0.15) is 35.0 Å². The maximum Gasteiger partial charge on any atom is 0.248 e. The SMILES string of the molecule is O=C(CN1CCC(c2nnc(-c3ccsc3)o2)CC1)c1ccc(Cl)cc1Cl. The van der Waals surface area contributed by atoms with E-state index in [4.69, 9.17) is 27.6 Å². The van der Waals surface area contributed by atoms with E-state index in [2.05, 4.69) is 15.1 Å². The van der Waals surface area contributed by atoms with Gasteiger partial charge in [0.05, 0.1) is 11.6 Å². The molecule has 0 atom stereocenters. The molecule has 3 aromatic rings. The number of thiophene rings is 1. The second-order valence-corrected chi connectivity index (χ2v) is 8.18. The normalized spacial score (nSPS) is 15.9. The fraction of sp³-hybridized carbons (Fsp3) is 0.316. The zero-order valence-corrected chi connectivity index (χ0v) is 16.7. The van der Waals surface area contributed by atoms with Gasteiger partial charge in [-0.3, -0.25) is 9.69 Å². The quantitative estimate of drug-likeness (QED) is 0.531. The summed E-state index contributed by atoms with van der Waals surface area (Å²) in [6, 6.07) is 6.94. The van der Waals surface area contributed by atoms with Gasteiger partial charge >= 0.3 is 0 Å². The molecule has 0 spiro atoms. The largest absolute Gasteiger partial charge is 0.420 e. The topological polar surface area (TPSA) is 59.2 Å². The lowest BCUT2D eigenvalue weighted by molar-refractivity contribution is 0.0906. The predicted molar refractivity (Wildman–Crippen MR) is 107 cm³/mol. The second-order valence-electron chi connectivity index (χ2n) is 6.56. The Morgan fingerprint density at radius 1 is 1.22 bits per heavy atom. The summed E-state index contributed by atoms with van der Waals surface area (Å²) in [7, 11) is 0. The van der Waals surface area contributed by atoms with Crippen LogP contribution in [-0.4, -0.2) is 40.5 Å². The molecule has 1 aliphatic heterocycles. The molecule has 1 saturated heterocycles. The molecule has 0 unspecified atom stereocenters. The van der Waals surface area contributed by atoms with Crippen LogP contribution in [0.4, 0.5) is 0 Å². The van der Waals surface area contributed by atoms with Crippen LogP contribution in [0.25, 0.3) is 11.5 Å². The maximum atomic E-state index is 12.5. The summed E-state index contributed by atoms with van der Waals surface area (Å²) in [6.07, 6.45) is 1.76. The van der Waals surface area contributed by atoms with Gasteiger partial charge in [-0.15, -0.1) is 10.2 Å². The summed E-state index contributed by atoms with van der Waals surface area (Å²) >= 11 is 13.6. The Hall–Kier alpha value is -1.73. The number of piperidine rings is 1. The molecule has 1 fully saturated rings. The molecule has 140 valence electrons. The molecular weight excluding hydrogens is 405 g/mol. The number of rotatable bonds is 5. The van der Waals surface area contributed by atoms with Gasteiger partial charge in [-0.2, -0.15) is 11.3 Å². The van der Waals surface area contributed by atoms with Crippen LogP contribution in [0.15, 0.2) is 39.4 Å². The van der Waals surface area contributed by atoms with Gasteiger partial charge in [0, 0.05) is 27.4 Å². The molecule has 0 bridgehead atoms. The zero-order valence-electron chi connectivity index (χ0n) is 14.4. The van der Waals surface area contributed by atoms with Crippen LogP contribution in [0.5, 0.6) is 0 Å². The van der Waals surface area contributed by atoms with E-state index in [0.29, 0.717) is 33.9 Å². The van der Waals surface area contributed by atoms with Crippen molar-refractivity contribution in [1.29, 1.82) is 0 Å². The first kappa shape index (κ1) is 18.6. The molecular formula is C19H17Cl2N3O2S. The van der Waals surface area contributed by atoms with E-state index >= 15 is 0 Å². The first-order valence-electron chi connectivity index (χ1n) is 8.67. The molecule has 2 aromatic heterocycles. The zero-order chi connectivity index (χ0) is 18.8. The minimum atomic E-state index is 0.00708. The number of ketones is 1. The number of Topliss-reactive ketones (excluding diaryl/α,β-unsaturated/α-hetero) is 1. The Balaban J connectivity index is 1.34. The van der Waals surface area contributed by atoms with E-state index in [1.165, 1.54) is 0 Å². The van der Waals surface area contributed by atoms with Crippen molar-refractivity contribution in [3.05, 3.63) is 56.5 Å². The van der Waals surface area contributed by atoms with Crippen LogP contribution in [-0.2, 0) is 0 Å². The number of benzene rings is 1. The highest BCUT2D eigenvalue weighted by atomic mass is 35.5. The van der Waals surface area contributed by atoms with Gasteiger partial charge in [0.1, 0.15) is 0 Å². The lowest BCUT2D eigenvalue weighted by atomic mass is 9.96. The third-order valence-electron chi connectivity index (χ3n) is 4.74. The summed E-state index contributed by atoms with van der Waals surface area (Å²) in [4.78, 5) is 14.7. The molecule has 0 amide bonds. The van der Waals surface area contributed by atoms with Crippen molar-refractivity contribution in [2.24, 2.45) is 0 Å². The monoisotopic (exact) mass is 421 g/mol. The molecule has 0 radical (unpaired) electrons. The highest BCUT2D eigenvalue weighted by molar-refractivity contribution is 7.08. The molecule has 1 aliphatic rings. The predicted octanol–water partition coefficient (Wildman–Crippen LogP) is 5.17. The number of aromatic nitrogens is 2. The van der Waals surface area contributed by atoms with E-state index in [1.807, 2.05) is 16.8 Å². The summed E-state index contributed by atoms with van der Waals surface area (Å²) in [5.74, 6) is 1.49. The van der Waals surface area contributed by atoms with Gasteiger partial charge in [0.15, 0.2) is 5.78 Å². The van der Waals surface area contributed by atoms with Crippen molar-refractivity contribution in [1.82, 2.24) is 15.1 Å². The minimum Gasteiger partial charge on any atom is -0.420 e. The maximum absolute atomic E-state index is 12.5. The summed E-state index contributed by atoms with van der Waals surface area (Å²) < 4.78 is 5.85. The van der Waals surface area contributed by atoms with E-state index in [-0.39, 0.29) is 11.7 Å². The average Bonchev–Trinajstić information content (AvgIpc) is 3.34. The van der Waals surface area contributed by atoms with Crippen molar-refractivity contribution in [2.45, 2.75) is 18.8 Å². The van der Waals surface area contributed by atoms with E-state index < -0.39 is 0 Å². The first-order chi connectivity index (χ1) is 13.1. The molecule has 3 heterocycles. The van der Waals surface area contributed by atoms with Crippen LogP contribution in [0.3, 0.4) is 0 Å². The number of hydrogen-bond donors (Lipinski definition) is 0. The van der Waals surface area contributed by atoms with Crippen LogP contribution >= 0.6 is 34.5 Å². The van der Waals surface area contributed by atoms with Crippen molar-refractivity contribution in [2.75, 3.05) is 19.6 Å². The van der Waals surface area contributed by atoms with E-state index in [1.54, 1.807) is 29.5 Å². The standard InChI is InChI=1S/C19H17Cl2N3O2S/c20-14-1-2-15(16(21)9-14)17(25)10-24-6-3-12(4-7-24)18-22-23-19(26-18)13-5-8-27-11-13/h1-2,5,8-9,11-12H,3-4,6-7,10H2. The van der Waals surface area contributed by atoms with Gasteiger partial charge in [0.25, 0.3) is 0 Å². The van der Waals surface area contributed by atoms with Gasteiger partial charge in [0.2, 0.25) is 11.8 Å². The number of carbonyl (C=O) groups excluding carboxylic acids is 1. The molecule has 0 saturated carbocycles. The summed E-state index contributed by atoms with van der Waals surface area (Å²) in [6.45, 7) is 1.95. The van der Waals surface area contributed by atoms with Gasteiger partial charge < -0.3 is 4.42 Å². The molecule has 5 nitrogen and oxygen atoms in total. The third-order valence-corrected chi connectivity index (χ3v) is 5.98. The molecule has 27 heavy (non-hydrogen) atoms. The Bertz CT molecular complexity index is 934. The smallest absolute Gasteiger partial charge is 0.248 e. The Labute approximate surface area is 170 Å². The van der Waals surface area contributed by atoms with Crippen molar-refractivity contribution in [3.63, 3.8) is 0 Å². The Kier molecular flexibility index (Phi) is 5.59. The average molecular weight is 422 g/mol. The van der Waals surface area contributed by atoms with Crippen molar-refractivity contribution in [3.8, 4) is 11.5 Å². The molecule has 0 N–H and O–H groups in total. The van der Waals surface area contributed by atoms with E-state index in [9.17, 15) is 4.79 Å². The summed E-state index contributed by atoms with van der Waals surface area (Å²) in [5.41, 5.74) is 1.47. The van der Waals surface area contributed by atoms with Gasteiger partial charge in [-0.05, 0) is 55.6 Å². The van der Waals surface area contributed by atoms with Crippen LogP contribution in [0.2, 0.25) is 10.0 Å². The first-order valence-corrected chi connectivity index (χ1v) is 10.4. The number of nitrogens with zero attached hydrogens (tertiary/aromatic N) is 3. The van der Waals surface area contributed by atoms with Gasteiger partial charge in [-0.1, -0.05) is 23.2 Å². The van der Waals surface area contributed by atoms with Crippen LogP contribution < -0.4 is 0 Å². The summed E-state index contributed by atoms with van der Waals surface area (Å²) in [5, 5.41) is 13.3. The fourth-order valence-corrected chi connectivity index (χ4v) is 4.39. The van der Waals surface area contributed by atoms with Crippen LogP contribution in [0, 0.1) is 0 Å². The number of hydrogen-bond acceptors (Lipinski definition) is 6. The van der Waals surface area contributed by atoms with E-state index in [0.717, 1.165) is 31.5 Å². The number of carbonyl (C=O) groups is 1. The number of likely N-dealkylation sites (tertiary alicyclic amines) is 1. The number of halogens is 2. The fourth-order valence-electron chi connectivity index (χ4n) is 3.24. The Morgan fingerprint density at radius 2 is 2.04 bits per heavy atom. The van der Waals surface area contributed by atoms with Crippen molar-refractivity contribution >= 4 is 40.3 Å². The lowest BCUT2D eigenvalue weighted by Crippen LogP contribution is -2.37. The lowest BCUT2D eigenvalue weighted by Gasteiger charge is -2.29. The third kappa shape index (κ3) is 4.24. The molecule has 8 heteroatoms. The second kappa shape index (κ2) is 8.10.